The molecule has 0 saturated carbocycles. The minimum absolute atomic E-state index is 0.0418. The second-order valence-corrected chi connectivity index (χ2v) is 6.18. The van der Waals surface area contributed by atoms with E-state index in [2.05, 4.69) is 4.98 Å². The van der Waals surface area contributed by atoms with E-state index in [4.69, 9.17) is 4.74 Å². The molecule has 2 heterocycles. The Kier molecular flexibility index (Phi) is 4.86. The maximum absolute atomic E-state index is 12.0. The highest BCUT2D eigenvalue weighted by Gasteiger charge is 2.12. The fraction of sp³-hybridized carbons (Fsp3) is 0.167. The average Bonchev–Trinajstić information content (AvgIpc) is 3.13. The van der Waals surface area contributed by atoms with Gasteiger partial charge < -0.3 is 9.72 Å². The first-order chi connectivity index (χ1) is 11.6. The van der Waals surface area contributed by atoms with Gasteiger partial charge in [-0.2, -0.15) is 0 Å². The number of carbonyl (C=O) groups excluding carboxylic acids is 2. The fourth-order valence-electron chi connectivity index (χ4n) is 2.34. The Morgan fingerprint density at radius 3 is 2.75 bits per heavy atom. The van der Waals surface area contributed by atoms with Gasteiger partial charge in [-0.15, -0.1) is 11.3 Å². The number of Topliss-reactive ketones (excluding diaryl/α,β-unsaturated/α-hetero) is 1. The first-order valence-corrected chi connectivity index (χ1v) is 8.39. The Morgan fingerprint density at radius 1 is 1.12 bits per heavy atom. The van der Waals surface area contributed by atoms with Crippen LogP contribution in [0.2, 0.25) is 0 Å². The summed E-state index contributed by atoms with van der Waals surface area (Å²) in [5.41, 5.74) is 0.470. The van der Waals surface area contributed by atoms with Crippen molar-refractivity contribution in [3.63, 3.8) is 0 Å². The van der Waals surface area contributed by atoms with Crippen molar-refractivity contribution < 1.29 is 14.3 Å². The van der Waals surface area contributed by atoms with Gasteiger partial charge in [0.15, 0.2) is 11.2 Å². The largest absolute Gasteiger partial charge is 0.461 e. The van der Waals surface area contributed by atoms with Crippen LogP contribution in [0.4, 0.5) is 0 Å². The molecule has 0 aliphatic rings. The monoisotopic (exact) mass is 341 g/mol. The van der Waals surface area contributed by atoms with Gasteiger partial charge >= 0.3 is 5.97 Å². The van der Waals surface area contributed by atoms with E-state index in [0.717, 1.165) is 0 Å². The smallest absolute Gasteiger partial charge is 0.354 e. The number of ether oxygens (including phenoxy) is 1. The van der Waals surface area contributed by atoms with Gasteiger partial charge in [0, 0.05) is 23.4 Å². The minimum atomic E-state index is -0.596. The lowest BCUT2D eigenvalue weighted by Crippen LogP contribution is -2.13. The lowest BCUT2D eigenvalue weighted by Gasteiger charge is -2.05. The maximum atomic E-state index is 12.0. The quantitative estimate of drug-likeness (QED) is 0.423. The number of hydrogen-bond donors (Lipinski definition) is 1. The third-order valence-corrected chi connectivity index (χ3v) is 4.45. The van der Waals surface area contributed by atoms with Crippen molar-refractivity contribution in [1.82, 2.24) is 4.98 Å². The Hall–Kier alpha value is -2.73. The summed E-state index contributed by atoms with van der Waals surface area (Å²) in [5, 5.41) is 2.37. The summed E-state index contributed by atoms with van der Waals surface area (Å²) in [4.78, 5) is 39.5. The van der Waals surface area contributed by atoms with Crippen molar-refractivity contribution in [1.29, 1.82) is 0 Å². The number of hydrogen-bond acceptors (Lipinski definition) is 5. The molecule has 0 aliphatic carbocycles. The minimum Gasteiger partial charge on any atom is -0.461 e. The fourth-order valence-corrected chi connectivity index (χ4v) is 3.04. The number of fused-ring (bicyclic) bond motifs is 1. The Labute approximate surface area is 141 Å². The number of thiophene rings is 1. The molecular formula is C18H15NO4S. The van der Waals surface area contributed by atoms with Crippen LogP contribution in [0.5, 0.6) is 0 Å². The van der Waals surface area contributed by atoms with Crippen molar-refractivity contribution in [3.8, 4) is 0 Å². The first-order valence-electron chi connectivity index (χ1n) is 7.51. The molecule has 122 valence electrons. The van der Waals surface area contributed by atoms with Crippen molar-refractivity contribution in [2.24, 2.45) is 0 Å². The van der Waals surface area contributed by atoms with Crippen LogP contribution in [-0.2, 0) is 4.74 Å². The highest BCUT2D eigenvalue weighted by molar-refractivity contribution is 7.12. The van der Waals surface area contributed by atoms with Crippen LogP contribution in [0.15, 0.2) is 52.6 Å². The van der Waals surface area contributed by atoms with Crippen LogP contribution in [0.1, 0.15) is 33.0 Å². The Morgan fingerprint density at radius 2 is 1.96 bits per heavy atom. The molecule has 0 amide bonds. The van der Waals surface area contributed by atoms with Crippen LogP contribution in [0.25, 0.3) is 10.9 Å². The topological polar surface area (TPSA) is 76.2 Å². The molecule has 0 atom stereocenters. The summed E-state index contributed by atoms with van der Waals surface area (Å²) in [6.45, 7) is 0.130. The molecule has 5 nitrogen and oxygen atoms in total. The maximum Gasteiger partial charge on any atom is 0.354 e. The third-order valence-electron chi connectivity index (χ3n) is 3.53. The summed E-state index contributed by atoms with van der Waals surface area (Å²) in [6, 6.07) is 11.8. The SMILES string of the molecule is O=C(OCCCC(=O)c1cccs1)c1cc(=O)c2ccccc2[nH]1. The van der Waals surface area contributed by atoms with Gasteiger partial charge in [-0.3, -0.25) is 9.59 Å². The average molecular weight is 341 g/mol. The zero-order valence-electron chi connectivity index (χ0n) is 12.8. The molecule has 1 N–H and O–H groups in total. The number of carbonyl (C=O) groups is 2. The van der Waals surface area contributed by atoms with Crippen LogP contribution < -0.4 is 5.43 Å². The number of para-hydroxylation sites is 1. The number of aromatic nitrogens is 1. The second-order valence-electron chi connectivity index (χ2n) is 5.23. The van der Waals surface area contributed by atoms with Gasteiger partial charge in [0.25, 0.3) is 0 Å². The molecular weight excluding hydrogens is 326 g/mol. The van der Waals surface area contributed by atoms with E-state index in [1.165, 1.54) is 17.4 Å². The predicted octanol–water partition coefficient (Wildman–Crippen LogP) is 3.41. The van der Waals surface area contributed by atoms with Gasteiger partial charge in [0.2, 0.25) is 0 Å². The van der Waals surface area contributed by atoms with E-state index in [1.54, 1.807) is 30.3 Å². The molecule has 0 aliphatic heterocycles. The molecule has 0 bridgehead atoms. The molecule has 0 spiro atoms. The van der Waals surface area contributed by atoms with Crippen LogP contribution in [0.3, 0.4) is 0 Å². The lowest BCUT2D eigenvalue weighted by molar-refractivity contribution is 0.0488. The van der Waals surface area contributed by atoms with E-state index in [-0.39, 0.29) is 23.5 Å². The number of esters is 1. The number of benzene rings is 1. The normalized spacial score (nSPS) is 10.7. The van der Waals surface area contributed by atoms with Gasteiger partial charge in [-0.1, -0.05) is 18.2 Å². The van der Waals surface area contributed by atoms with Crippen molar-refractivity contribution in [2.75, 3.05) is 6.61 Å². The Bertz CT molecular complexity index is 928. The van der Waals surface area contributed by atoms with Crippen LogP contribution >= 0.6 is 11.3 Å². The van der Waals surface area contributed by atoms with Crippen molar-refractivity contribution in [3.05, 3.63) is 68.6 Å². The number of rotatable bonds is 6. The van der Waals surface area contributed by atoms with Gasteiger partial charge in [-0.05, 0) is 30.0 Å². The summed E-state index contributed by atoms with van der Waals surface area (Å²) < 4.78 is 5.14. The zero-order chi connectivity index (χ0) is 16.9. The van der Waals surface area contributed by atoms with Crippen LogP contribution in [-0.4, -0.2) is 23.3 Å². The summed E-state index contributed by atoms with van der Waals surface area (Å²) >= 11 is 1.40. The molecule has 0 fully saturated rings. The molecule has 3 rings (SSSR count). The molecule has 0 saturated heterocycles. The second kappa shape index (κ2) is 7.23. The van der Waals surface area contributed by atoms with Crippen LogP contribution in [0, 0.1) is 0 Å². The van der Waals surface area contributed by atoms with Gasteiger partial charge in [-0.25, -0.2) is 4.79 Å². The molecule has 1 aromatic carbocycles. The number of nitrogens with one attached hydrogen (secondary N) is 1. The molecule has 0 radical (unpaired) electrons. The van der Waals surface area contributed by atoms with E-state index >= 15 is 0 Å². The predicted molar refractivity (Wildman–Crippen MR) is 92.7 cm³/mol. The molecule has 3 aromatic rings. The number of ketones is 1. The van der Waals surface area contributed by atoms with E-state index in [0.29, 0.717) is 28.6 Å². The van der Waals surface area contributed by atoms with E-state index in [1.807, 2.05) is 11.4 Å². The zero-order valence-corrected chi connectivity index (χ0v) is 13.6. The number of H-pyrrole nitrogens is 1. The standard InChI is InChI=1S/C18H15NO4S/c20-15(17-8-4-10-24-17)7-3-9-23-18(22)14-11-16(21)12-5-1-2-6-13(12)19-14/h1-2,4-6,8,10-11H,3,7,9H2,(H,19,21). The molecule has 0 unspecified atom stereocenters. The lowest BCUT2D eigenvalue weighted by atomic mass is 10.2. The van der Waals surface area contributed by atoms with Crippen molar-refractivity contribution in [2.45, 2.75) is 12.8 Å². The molecule has 6 heteroatoms. The van der Waals surface area contributed by atoms with Crippen molar-refractivity contribution >= 4 is 34.0 Å². The first kappa shape index (κ1) is 16.1. The van der Waals surface area contributed by atoms with E-state index < -0.39 is 5.97 Å². The third kappa shape index (κ3) is 3.60. The molecule has 24 heavy (non-hydrogen) atoms. The summed E-state index contributed by atoms with van der Waals surface area (Å²) in [7, 11) is 0. The number of aromatic amines is 1. The highest BCUT2D eigenvalue weighted by Crippen LogP contribution is 2.12. The van der Waals surface area contributed by atoms with Gasteiger partial charge in [0.05, 0.1) is 11.5 Å². The number of pyridine rings is 1. The summed E-state index contributed by atoms with van der Waals surface area (Å²) in [6.07, 6.45) is 0.766. The highest BCUT2D eigenvalue weighted by atomic mass is 32.1. The van der Waals surface area contributed by atoms with Gasteiger partial charge in [0.1, 0.15) is 5.69 Å². The molecule has 2 aromatic heterocycles. The Balaban J connectivity index is 1.57. The summed E-state index contributed by atoms with van der Waals surface area (Å²) in [5.74, 6) is -0.554. The van der Waals surface area contributed by atoms with E-state index in [9.17, 15) is 14.4 Å².